The zero-order chi connectivity index (χ0) is 20.9. The maximum atomic E-state index is 13.1. The van der Waals surface area contributed by atoms with Gasteiger partial charge in [-0.3, -0.25) is 14.5 Å². The van der Waals surface area contributed by atoms with Crippen LogP contribution < -0.4 is 10.2 Å². The number of hydrogen-bond donors (Lipinski definition) is 1. The van der Waals surface area contributed by atoms with E-state index in [2.05, 4.69) is 5.32 Å². The highest BCUT2D eigenvalue weighted by Crippen LogP contribution is 2.36. The number of amides is 4. The number of nitrogens with one attached hydrogen (secondary N) is 1. The lowest BCUT2D eigenvalue weighted by Gasteiger charge is -2.26. The van der Waals surface area contributed by atoms with Gasteiger partial charge in [0.05, 0.1) is 0 Å². The molecule has 0 unspecified atom stereocenters. The quantitative estimate of drug-likeness (QED) is 0.752. The van der Waals surface area contributed by atoms with Crippen LogP contribution in [0, 0.1) is 0 Å². The van der Waals surface area contributed by atoms with Gasteiger partial charge in [0.2, 0.25) is 5.91 Å². The molecule has 2 aliphatic rings. The molecule has 2 heterocycles. The summed E-state index contributed by atoms with van der Waals surface area (Å²) in [5.41, 5.74) is 0.953. The second-order valence-electron chi connectivity index (χ2n) is 7.52. The van der Waals surface area contributed by atoms with E-state index in [1.54, 1.807) is 24.0 Å². The van der Waals surface area contributed by atoms with Gasteiger partial charge >= 0.3 is 6.03 Å². The van der Waals surface area contributed by atoms with Crippen LogP contribution in [0.5, 0.6) is 0 Å². The van der Waals surface area contributed by atoms with Crippen molar-refractivity contribution in [3.05, 3.63) is 63.6 Å². The van der Waals surface area contributed by atoms with Crippen molar-refractivity contribution < 1.29 is 14.4 Å². The van der Waals surface area contributed by atoms with Crippen molar-refractivity contribution >= 4 is 46.7 Å². The van der Waals surface area contributed by atoms with E-state index in [0.29, 0.717) is 10.6 Å². The van der Waals surface area contributed by atoms with Crippen molar-refractivity contribution in [3.63, 3.8) is 0 Å². The van der Waals surface area contributed by atoms with E-state index < -0.39 is 17.5 Å². The first-order valence-corrected chi connectivity index (χ1v) is 9.97. The van der Waals surface area contributed by atoms with Crippen LogP contribution in [0.15, 0.2) is 42.5 Å². The van der Waals surface area contributed by atoms with Crippen LogP contribution in [-0.2, 0) is 21.5 Å². The Morgan fingerprint density at radius 1 is 1.21 bits per heavy atom. The van der Waals surface area contributed by atoms with Crippen molar-refractivity contribution in [2.45, 2.75) is 31.8 Å². The number of nitrogens with zero attached hydrogens (tertiary/aromatic N) is 2. The summed E-state index contributed by atoms with van der Waals surface area (Å²) in [5.74, 6) is -0.836. The fourth-order valence-corrected chi connectivity index (χ4v) is 4.67. The summed E-state index contributed by atoms with van der Waals surface area (Å²) >= 11 is 12.2. The molecular weight excluding hydrogens is 413 g/mol. The fourth-order valence-electron chi connectivity index (χ4n) is 4.08. The normalized spacial score (nSPS) is 23.4. The molecule has 2 aliphatic heterocycles. The number of benzene rings is 2. The summed E-state index contributed by atoms with van der Waals surface area (Å²) in [7, 11) is 0. The Morgan fingerprint density at radius 3 is 2.66 bits per heavy atom. The van der Waals surface area contributed by atoms with Gasteiger partial charge in [-0.1, -0.05) is 47.5 Å². The lowest BCUT2D eigenvalue weighted by atomic mass is 9.92. The molecular formula is C21H19Cl2N3O3. The molecule has 2 aromatic carbocycles. The van der Waals surface area contributed by atoms with Crippen LogP contribution in [0.2, 0.25) is 10.0 Å². The molecule has 29 heavy (non-hydrogen) atoms. The molecule has 0 radical (unpaired) electrons. The van der Waals surface area contributed by atoms with Gasteiger partial charge in [0.1, 0.15) is 12.1 Å². The van der Waals surface area contributed by atoms with Gasteiger partial charge in [-0.05, 0) is 44.0 Å². The van der Waals surface area contributed by atoms with E-state index >= 15 is 0 Å². The first-order valence-electron chi connectivity index (χ1n) is 9.22. The van der Waals surface area contributed by atoms with E-state index in [1.807, 2.05) is 31.2 Å². The number of carbonyl (C=O) groups is 3. The molecule has 4 amide bonds. The molecule has 1 saturated heterocycles. The molecule has 1 fully saturated rings. The topological polar surface area (TPSA) is 69.7 Å². The van der Waals surface area contributed by atoms with E-state index in [1.165, 1.54) is 6.07 Å². The minimum atomic E-state index is -1.37. The average molecular weight is 432 g/mol. The van der Waals surface area contributed by atoms with Gasteiger partial charge in [-0.25, -0.2) is 4.79 Å². The summed E-state index contributed by atoms with van der Waals surface area (Å²) in [6, 6.07) is 11.7. The summed E-state index contributed by atoms with van der Waals surface area (Å²) in [5, 5.41) is 3.36. The molecule has 0 spiro atoms. The first-order chi connectivity index (χ1) is 13.7. The molecule has 4 rings (SSSR count). The zero-order valence-corrected chi connectivity index (χ0v) is 17.4. The molecule has 150 valence electrons. The van der Waals surface area contributed by atoms with Crippen molar-refractivity contribution in [2.75, 3.05) is 11.4 Å². The number of hydrogen-bond acceptors (Lipinski definition) is 3. The highest BCUT2D eigenvalue weighted by molar-refractivity contribution is 6.35. The van der Waals surface area contributed by atoms with E-state index in [0.717, 1.165) is 22.6 Å². The monoisotopic (exact) mass is 431 g/mol. The molecule has 2 atom stereocenters. The summed E-state index contributed by atoms with van der Waals surface area (Å²) in [6.45, 7) is 3.17. The smallest absolute Gasteiger partial charge is 0.319 e. The molecule has 6 nitrogen and oxygen atoms in total. The predicted molar refractivity (Wildman–Crippen MR) is 111 cm³/mol. The van der Waals surface area contributed by atoms with Crippen LogP contribution in [0.3, 0.4) is 0 Å². The Hall–Kier alpha value is -2.57. The second kappa shape index (κ2) is 7.04. The summed E-state index contributed by atoms with van der Waals surface area (Å²) in [6.07, 6.45) is 0.736. The third-order valence-corrected chi connectivity index (χ3v) is 6.06. The third-order valence-electron chi connectivity index (χ3n) is 5.51. The van der Waals surface area contributed by atoms with E-state index in [-0.39, 0.29) is 23.5 Å². The molecule has 0 saturated carbocycles. The molecule has 1 N–H and O–H groups in total. The number of imide groups is 1. The SMILES string of the molecule is C[C@H]1Cc2ccccc2N1C(=O)CN1C(=O)N[C@@](C)(c2ccc(Cl)cc2Cl)C1=O. The predicted octanol–water partition coefficient (Wildman–Crippen LogP) is 3.74. The van der Waals surface area contributed by atoms with Gasteiger partial charge in [0.15, 0.2) is 0 Å². The second-order valence-corrected chi connectivity index (χ2v) is 8.36. The van der Waals surface area contributed by atoms with Gasteiger partial charge in [0, 0.05) is 27.3 Å². The number of rotatable bonds is 3. The number of carbonyl (C=O) groups excluding carboxylic acids is 3. The maximum Gasteiger partial charge on any atom is 0.325 e. The molecule has 8 heteroatoms. The third kappa shape index (κ3) is 3.16. The minimum Gasteiger partial charge on any atom is -0.319 e. The Labute approximate surface area is 178 Å². The van der Waals surface area contributed by atoms with Crippen LogP contribution in [0.25, 0.3) is 0 Å². The van der Waals surface area contributed by atoms with Gasteiger partial charge in [-0.2, -0.15) is 0 Å². The molecule has 2 aromatic rings. The fraction of sp³-hybridized carbons (Fsp3) is 0.286. The Morgan fingerprint density at radius 2 is 1.93 bits per heavy atom. The lowest BCUT2D eigenvalue weighted by Crippen LogP contribution is -2.46. The minimum absolute atomic E-state index is 0.0437. The first kappa shape index (κ1) is 19.7. The largest absolute Gasteiger partial charge is 0.325 e. The number of halogens is 2. The van der Waals surface area contributed by atoms with Crippen LogP contribution >= 0.6 is 23.2 Å². The van der Waals surface area contributed by atoms with Crippen molar-refractivity contribution in [1.29, 1.82) is 0 Å². The number of urea groups is 1. The summed E-state index contributed by atoms with van der Waals surface area (Å²) in [4.78, 5) is 41.3. The van der Waals surface area contributed by atoms with E-state index in [4.69, 9.17) is 23.2 Å². The maximum absolute atomic E-state index is 13.1. The Balaban J connectivity index is 1.59. The standard InChI is InChI=1S/C21H19Cl2N3O3/c1-12-9-13-5-3-4-6-17(13)26(12)18(27)11-25-19(28)21(2,24-20(25)29)15-8-7-14(22)10-16(15)23/h3-8,10,12H,9,11H2,1-2H3,(H,24,29)/t12-,21-/m0/s1. The molecule has 0 aliphatic carbocycles. The summed E-state index contributed by atoms with van der Waals surface area (Å²) < 4.78 is 0. The average Bonchev–Trinajstić information content (AvgIpc) is 3.10. The van der Waals surface area contributed by atoms with Crippen molar-refractivity contribution in [1.82, 2.24) is 10.2 Å². The number of para-hydroxylation sites is 1. The molecule has 0 bridgehead atoms. The highest BCUT2D eigenvalue weighted by Gasteiger charge is 2.51. The number of anilines is 1. The van der Waals surface area contributed by atoms with Gasteiger partial charge < -0.3 is 10.2 Å². The van der Waals surface area contributed by atoms with Crippen LogP contribution in [-0.4, -0.2) is 35.3 Å². The zero-order valence-electron chi connectivity index (χ0n) is 15.9. The van der Waals surface area contributed by atoms with Crippen molar-refractivity contribution in [3.8, 4) is 0 Å². The van der Waals surface area contributed by atoms with Crippen molar-refractivity contribution in [2.24, 2.45) is 0 Å². The highest BCUT2D eigenvalue weighted by atomic mass is 35.5. The lowest BCUT2D eigenvalue weighted by molar-refractivity contribution is -0.134. The molecule has 0 aromatic heterocycles. The van der Waals surface area contributed by atoms with Crippen LogP contribution in [0.1, 0.15) is 25.0 Å². The Bertz CT molecular complexity index is 1040. The van der Waals surface area contributed by atoms with Gasteiger partial charge in [-0.15, -0.1) is 0 Å². The van der Waals surface area contributed by atoms with Gasteiger partial charge in [0.25, 0.3) is 5.91 Å². The Kier molecular flexibility index (Phi) is 4.79. The van der Waals surface area contributed by atoms with Crippen LogP contribution in [0.4, 0.5) is 10.5 Å². The van der Waals surface area contributed by atoms with E-state index in [9.17, 15) is 14.4 Å². The number of fused-ring (bicyclic) bond motifs is 1.